The van der Waals surface area contributed by atoms with Crippen LogP contribution in [0.3, 0.4) is 0 Å². The third-order valence-electron chi connectivity index (χ3n) is 3.03. The second kappa shape index (κ2) is 8.33. The maximum atomic E-state index is 10.3. The first-order chi connectivity index (χ1) is 10.1. The first-order valence-corrected chi connectivity index (χ1v) is 6.31. The van der Waals surface area contributed by atoms with Crippen molar-refractivity contribution in [2.45, 2.75) is 25.2 Å². The molecule has 0 spiro atoms. The monoisotopic (exact) mass is 297 g/mol. The molecule has 1 aromatic carbocycles. The Kier molecular flexibility index (Phi) is 6.77. The maximum absolute atomic E-state index is 10.3. The van der Waals surface area contributed by atoms with Crippen LogP contribution in [0.2, 0.25) is 0 Å². The summed E-state index contributed by atoms with van der Waals surface area (Å²) in [6.45, 7) is -0.142. The van der Waals surface area contributed by atoms with Crippen molar-refractivity contribution < 1.29 is 24.8 Å². The molecule has 1 aromatic rings. The number of aliphatic hydroxyl groups excluding tert-OH is 3. The van der Waals surface area contributed by atoms with Crippen molar-refractivity contribution >= 4 is 0 Å². The summed E-state index contributed by atoms with van der Waals surface area (Å²) in [5.41, 5.74) is 9.05. The highest BCUT2D eigenvalue weighted by atomic mass is 16.5. The predicted octanol–water partition coefficient (Wildman–Crippen LogP) is 1.29. The second-order valence-corrected chi connectivity index (χ2v) is 4.33. The number of nitrogens with zero attached hydrogens (tertiary/aromatic N) is 3. The van der Waals surface area contributed by atoms with Crippen molar-refractivity contribution in [3.05, 3.63) is 33.7 Å². The number of aliphatic hydroxyl groups is 3. The molecule has 0 aromatic heterocycles. The Hall–Kier alpha value is -1.99. The summed E-state index contributed by atoms with van der Waals surface area (Å²) in [5.74, 6) is 0.600. The molecule has 0 amide bonds. The Labute approximate surface area is 122 Å². The van der Waals surface area contributed by atoms with E-state index in [0.29, 0.717) is 17.1 Å². The van der Waals surface area contributed by atoms with Crippen molar-refractivity contribution in [1.29, 1.82) is 0 Å². The quantitative estimate of drug-likeness (QED) is 0.378. The lowest BCUT2D eigenvalue weighted by Crippen LogP contribution is -2.20. The molecule has 0 aliphatic heterocycles. The number of hydrogen-bond donors (Lipinski definition) is 3. The van der Waals surface area contributed by atoms with E-state index >= 15 is 0 Å². The Bertz CT molecular complexity index is 492. The number of methoxy groups -OCH3 is 2. The molecule has 0 heterocycles. The van der Waals surface area contributed by atoms with E-state index in [0.717, 1.165) is 0 Å². The van der Waals surface area contributed by atoms with E-state index in [1.807, 2.05) is 0 Å². The van der Waals surface area contributed by atoms with Gasteiger partial charge in [0.15, 0.2) is 0 Å². The van der Waals surface area contributed by atoms with Gasteiger partial charge >= 0.3 is 0 Å². The van der Waals surface area contributed by atoms with Gasteiger partial charge in [0.25, 0.3) is 0 Å². The highest BCUT2D eigenvalue weighted by molar-refractivity contribution is 5.49. The van der Waals surface area contributed by atoms with E-state index < -0.39 is 12.2 Å². The van der Waals surface area contributed by atoms with Crippen LogP contribution in [0.1, 0.15) is 23.7 Å². The Morgan fingerprint density at radius 3 is 2.24 bits per heavy atom. The van der Waals surface area contributed by atoms with Crippen LogP contribution >= 0.6 is 0 Å². The highest BCUT2D eigenvalue weighted by Crippen LogP contribution is 2.37. The van der Waals surface area contributed by atoms with Crippen LogP contribution in [-0.2, 0) is 6.61 Å². The fourth-order valence-electron chi connectivity index (χ4n) is 1.96. The molecule has 0 saturated carbocycles. The van der Waals surface area contributed by atoms with E-state index in [9.17, 15) is 15.3 Å². The van der Waals surface area contributed by atoms with Gasteiger partial charge in [-0.25, -0.2) is 0 Å². The molecular weight excluding hydrogens is 278 g/mol. The Balaban J connectivity index is 3.11. The van der Waals surface area contributed by atoms with Gasteiger partial charge in [-0.05, 0) is 29.6 Å². The third kappa shape index (κ3) is 4.24. The fourth-order valence-corrected chi connectivity index (χ4v) is 1.96. The molecule has 0 radical (unpaired) electrons. The van der Waals surface area contributed by atoms with Crippen LogP contribution in [-0.4, -0.2) is 42.2 Å². The van der Waals surface area contributed by atoms with E-state index in [4.69, 9.17) is 15.0 Å². The van der Waals surface area contributed by atoms with E-state index in [2.05, 4.69) is 10.0 Å². The molecule has 8 nitrogen and oxygen atoms in total. The smallest absolute Gasteiger partial charge is 0.128 e. The lowest BCUT2D eigenvalue weighted by atomic mass is 9.98. The third-order valence-corrected chi connectivity index (χ3v) is 3.03. The number of hydrogen-bond acceptors (Lipinski definition) is 6. The molecule has 21 heavy (non-hydrogen) atoms. The number of azide groups is 1. The Morgan fingerprint density at radius 1 is 1.24 bits per heavy atom. The molecule has 1 rings (SSSR count). The molecule has 116 valence electrons. The molecule has 2 atom stereocenters. The minimum absolute atomic E-state index is 0.0636. The zero-order valence-corrected chi connectivity index (χ0v) is 11.9. The molecule has 3 N–H and O–H groups in total. The first kappa shape index (κ1) is 17.1. The van der Waals surface area contributed by atoms with Crippen molar-refractivity contribution in [2.75, 3.05) is 20.8 Å². The number of rotatable bonds is 8. The summed E-state index contributed by atoms with van der Waals surface area (Å²) in [5, 5.41) is 32.7. The number of benzene rings is 1. The van der Waals surface area contributed by atoms with Gasteiger partial charge in [-0.3, -0.25) is 0 Å². The van der Waals surface area contributed by atoms with Gasteiger partial charge in [0.05, 0.1) is 32.5 Å². The summed E-state index contributed by atoms with van der Waals surface area (Å²) in [7, 11) is 2.83. The second-order valence-electron chi connectivity index (χ2n) is 4.33. The fraction of sp³-hybridized carbons (Fsp3) is 0.538. The van der Waals surface area contributed by atoms with E-state index in [-0.39, 0.29) is 25.1 Å². The topological polar surface area (TPSA) is 128 Å². The standard InChI is InChI=1S/C13H19N3O5/c1-20-10-5-8(7-17)6-11(21-2)12(10)13(19)9(18)3-4-15-16-14/h5-6,9,13,17-19H,3-4,7H2,1-2H3. The average Bonchev–Trinajstić information content (AvgIpc) is 2.52. The van der Waals surface area contributed by atoms with Gasteiger partial charge in [0.1, 0.15) is 17.6 Å². The van der Waals surface area contributed by atoms with Crippen LogP contribution in [0.4, 0.5) is 0 Å². The minimum Gasteiger partial charge on any atom is -0.496 e. The molecule has 0 saturated heterocycles. The largest absolute Gasteiger partial charge is 0.496 e. The lowest BCUT2D eigenvalue weighted by Gasteiger charge is -2.22. The van der Waals surface area contributed by atoms with E-state index in [1.165, 1.54) is 14.2 Å². The van der Waals surface area contributed by atoms with Crippen molar-refractivity contribution in [2.24, 2.45) is 5.11 Å². The van der Waals surface area contributed by atoms with Gasteiger partial charge in [0, 0.05) is 11.5 Å². The summed E-state index contributed by atoms with van der Waals surface area (Å²) >= 11 is 0. The summed E-state index contributed by atoms with van der Waals surface area (Å²) in [4.78, 5) is 2.58. The first-order valence-electron chi connectivity index (χ1n) is 6.31. The molecule has 0 bridgehead atoms. The summed E-state index contributed by atoms with van der Waals surface area (Å²) in [6.07, 6.45) is -2.31. The van der Waals surface area contributed by atoms with Crippen LogP contribution < -0.4 is 9.47 Å². The predicted molar refractivity (Wildman–Crippen MR) is 75.1 cm³/mol. The van der Waals surface area contributed by atoms with Crippen molar-refractivity contribution in [3.63, 3.8) is 0 Å². The van der Waals surface area contributed by atoms with E-state index in [1.54, 1.807) is 12.1 Å². The van der Waals surface area contributed by atoms with Crippen LogP contribution in [0.15, 0.2) is 17.2 Å². The van der Waals surface area contributed by atoms with Crippen LogP contribution in [0, 0.1) is 0 Å². The minimum atomic E-state index is -1.27. The molecule has 0 aliphatic carbocycles. The van der Waals surface area contributed by atoms with Crippen molar-refractivity contribution in [3.8, 4) is 11.5 Å². The molecule has 0 fully saturated rings. The summed E-state index contributed by atoms with van der Waals surface area (Å²) < 4.78 is 10.4. The molecule has 2 unspecified atom stereocenters. The average molecular weight is 297 g/mol. The zero-order valence-electron chi connectivity index (χ0n) is 11.9. The molecule has 0 aliphatic rings. The summed E-state index contributed by atoms with van der Waals surface area (Å²) in [6, 6.07) is 3.11. The molecular formula is C13H19N3O5. The SMILES string of the molecule is COc1cc(CO)cc(OC)c1C(O)C(O)CCN=[N+]=[N-]. The normalized spacial score (nSPS) is 13.2. The lowest BCUT2D eigenvalue weighted by molar-refractivity contribution is 0.0123. The van der Waals surface area contributed by atoms with Crippen LogP contribution in [0.25, 0.3) is 10.4 Å². The number of ether oxygens (including phenoxy) is 2. The van der Waals surface area contributed by atoms with Gasteiger partial charge < -0.3 is 24.8 Å². The van der Waals surface area contributed by atoms with Gasteiger partial charge in [-0.1, -0.05) is 5.11 Å². The van der Waals surface area contributed by atoms with Crippen molar-refractivity contribution in [1.82, 2.24) is 0 Å². The van der Waals surface area contributed by atoms with Gasteiger partial charge in [-0.15, -0.1) is 0 Å². The molecule has 8 heteroatoms. The van der Waals surface area contributed by atoms with Crippen LogP contribution in [0.5, 0.6) is 11.5 Å². The zero-order chi connectivity index (χ0) is 15.8. The maximum Gasteiger partial charge on any atom is 0.128 e. The highest BCUT2D eigenvalue weighted by Gasteiger charge is 2.26. The van der Waals surface area contributed by atoms with Gasteiger partial charge in [-0.2, -0.15) is 0 Å². The Morgan fingerprint density at radius 2 is 1.81 bits per heavy atom. The van der Waals surface area contributed by atoms with Gasteiger partial charge in [0.2, 0.25) is 0 Å².